The van der Waals surface area contributed by atoms with E-state index in [1.54, 1.807) is 19.1 Å². The quantitative estimate of drug-likeness (QED) is 0.465. The summed E-state index contributed by atoms with van der Waals surface area (Å²) in [5.74, 6) is -0.363. The summed E-state index contributed by atoms with van der Waals surface area (Å²) in [5.41, 5.74) is 7.99. The van der Waals surface area contributed by atoms with E-state index in [0.29, 0.717) is 17.5 Å². The molecule has 3 N–H and O–H groups in total. The minimum atomic E-state index is -0.354. The van der Waals surface area contributed by atoms with Crippen molar-refractivity contribution in [2.45, 2.75) is 19.9 Å². The zero-order valence-corrected chi connectivity index (χ0v) is 13.5. The second-order valence-corrected chi connectivity index (χ2v) is 5.38. The van der Waals surface area contributed by atoms with Gasteiger partial charge in [0.15, 0.2) is 6.61 Å². The third-order valence-electron chi connectivity index (χ3n) is 3.33. The van der Waals surface area contributed by atoms with Crippen LogP contribution in [-0.4, -0.2) is 18.3 Å². The number of aryl methyl sites for hydroxylation is 1. The van der Waals surface area contributed by atoms with Crippen LogP contribution in [0.2, 0.25) is 0 Å². The molecule has 0 fully saturated rings. The number of benzene rings is 2. The van der Waals surface area contributed by atoms with Crippen LogP contribution in [0.15, 0.2) is 53.7 Å². The largest absolute Gasteiger partial charge is 0.384 e. The maximum absolute atomic E-state index is 13.4. The Morgan fingerprint density at radius 2 is 1.96 bits per heavy atom. The lowest BCUT2D eigenvalue weighted by Crippen LogP contribution is -2.27. The molecule has 0 aromatic heterocycles. The number of nitrogens with one attached hydrogen (secondary N) is 1. The van der Waals surface area contributed by atoms with Gasteiger partial charge in [-0.15, -0.1) is 0 Å². The van der Waals surface area contributed by atoms with Crippen LogP contribution in [0.1, 0.15) is 16.7 Å². The summed E-state index contributed by atoms with van der Waals surface area (Å²) in [6, 6.07) is 14.4. The Balaban J connectivity index is 1.72. The fraction of sp³-hybridized carbons (Fsp3) is 0.222. The van der Waals surface area contributed by atoms with Crippen molar-refractivity contribution in [1.29, 1.82) is 0 Å². The molecule has 2 aromatic rings. The van der Waals surface area contributed by atoms with Crippen molar-refractivity contribution in [2.75, 3.05) is 6.61 Å². The topological polar surface area (TPSA) is 76.7 Å². The molecule has 0 heterocycles. The molecule has 0 atom stereocenters. The summed E-state index contributed by atoms with van der Waals surface area (Å²) >= 11 is 0. The number of amidine groups is 1. The van der Waals surface area contributed by atoms with Crippen LogP contribution in [0.4, 0.5) is 4.39 Å². The minimum absolute atomic E-state index is 0.225. The zero-order valence-electron chi connectivity index (χ0n) is 13.5. The number of carbonyl (C=O) groups is 1. The molecule has 2 aromatic carbocycles. The number of nitrogens with zero attached hydrogens (tertiary/aromatic N) is 1. The SMILES string of the molecule is Cc1ccc(CNC(=O)CON=C(N)Cc2ccccc2)cc1F. The molecule has 0 aliphatic heterocycles. The molecule has 0 unspecified atom stereocenters. The average molecular weight is 329 g/mol. The van der Waals surface area contributed by atoms with Crippen LogP contribution in [0.5, 0.6) is 0 Å². The van der Waals surface area contributed by atoms with Crippen LogP contribution < -0.4 is 11.1 Å². The molecule has 0 aliphatic rings. The Labute approximate surface area is 140 Å². The third kappa shape index (κ3) is 5.72. The standard InChI is InChI=1S/C18H20FN3O2/c1-13-7-8-15(9-16(13)19)11-21-18(23)12-24-22-17(20)10-14-5-3-2-4-6-14/h2-9H,10-12H2,1H3,(H2,20,22)(H,21,23). The molecular weight excluding hydrogens is 309 g/mol. The number of rotatable bonds is 7. The van der Waals surface area contributed by atoms with Gasteiger partial charge in [0.05, 0.1) is 0 Å². The summed E-state index contributed by atoms with van der Waals surface area (Å²) in [7, 11) is 0. The predicted octanol–water partition coefficient (Wildman–Crippen LogP) is 2.28. The predicted molar refractivity (Wildman–Crippen MR) is 90.7 cm³/mol. The van der Waals surface area contributed by atoms with Gasteiger partial charge in [-0.25, -0.2) is 4.39 Å². The molecule has 5 nitrogen and oxygen atoms in total. The summed E-state index contributed by atoms with van der Waals surface area (Å²) in [4.78, 5) is 16.6. The van der Waals surface area contributed by atoms with Crippen LogP contribution >= 0.6 is 0 Å². The van der Waals surface area contributed by atoms with Crippen LogP contribution in [0, 0.1) is 12.7 Å². The Morgan fingerprint density at radius 1 is 1.21 bits per heavy atom. The van der Waals surface area contributed by atoms with Crippen molar-refractivity contribution in [1.82, 2.24) is 5.32 Å². The van der Waals surface area contributed by atoms with Gasteiger partial charge in [-0.1, -0.05) is 47.6 Å². The van der Waals surface area contributed by atoms with Crippen molar-refractivity contribution < 1.29 is 14.0 Å². The van der Waals surface area contributed by atoms with E-state index in [4.69, 9.17) is 10.6 Å². The lowest BCUT2D eigenvalue weighted by atomic mass is 10.1. The maximum Gasteiger partial charge on any atom is 0.261 e. The fourth-order valence-corrected chi connectivity index (χ4v) is 2.01. The highest BCUT2D eigenvalue weighted by Crippen LogP contribution is 2.08. The monoisotopic (exact) mass is 329 g/mol. The van der Waals surface area contributed by atoms with Gasteiger partial charge >= 0.3 is 0 Å². The van der Waals surface area contributed by atoms with Gasteiger partial charge in [-0.2, -0.15) is 0 Å². The summed E-state index contributed by atoms with van der Waals surface area (Å²) in [5, 5.41) is 6.34. The first kappa shape index (κ1) is 17.5. The van der Waals surface area contributed by atoms with Crippen molar-refractivity contribution in [2.24, 2.45) is 10.9 Å². The van der Waals surface area contributed by atoms with E-state index in [1.807, 2.05) is 30.3 Å². The first-order chi connectivity index (χ1) is 11.5. The van der Waals surface area contributed by atoms with E-state index >= 15 is 0 Å². The minimum Gasteiger partial charge on any atom is -0.384 e. The molecule has 6 heteroatoms. The Morgan fingerprint density at radius 3 is 2.67 bits per heavy atom. The van der Waals surface area contributed by atoms with Crippen LogP contribution in [0.3, 0.4) is 0 Å². The molecule has 0 saturated heterocycles. The number of hydrogen-bond donors (Lipinski definition) is 2. The van der Waals surface area contributed by atoms with Crippen molar-refractivity contribution in [3.8, 4) is 0 Å². The molecule has 0 spiro atoms. The van der Waals surface area contributed by atoms with E-state index in [0.717, 1.165) is 5.56 Å². The van der Waals surface area contributed by atoms with Crippen LogP contribution in [0.25, 0.3) is 0 Å². The summed E-state index contributed by atoms with van der Waals surface area (Å²) < 4.78 is 13.4. The molecule has 2 rings (SSSR count). The Kier molecular flexibility index (Phi) is 6.31. The van der Waals surface area contributed by atoms with E-state index in [-0.39, 0.29) is 30.7 Å². The second-order valence-electron chi connectivity index (χ2n) is 5.38. The smallest absolute Gasteiger partial charge is 0.261 e. The first-order valence-corrected chi connectivity index (χ1v) is 7.54. The number of halogens is 1. The molecule has 1 amide bonds. The number of oxime groups is 1. The van der Waals surface area contributed by atoms with E-state index in [9.17, 15) is 9.18 Å². The van der Waals surface area contributed by atoms with Gasteiger partial charge in [0.25, 0.3) is 5.91 Å². The van der Waals surface area contributed by atoms with Crippen LogP contribution in [-0.2, 0) is 22.6 Å². The lowest BCUT2D eigenvalue weighted by molar-refractivity contribution is -0.125. The molecule has 0 saturated carbocycles. The van der Waals surface area contributed by atoms with Gasteiger partial charge in [0.1, 0.15) is 11.7 Å². The molecule has 0 radical (unpaired) electrons. The first-order valence-electron chi connectivity index (χ1n) is 7.54. The fourth-order valence-electron chi connectivity index (χ4n) is 2.01. The van der Waals surface area contributed by atoms with Crippen molar-refractivity contribution >= 4 is 11.7 Å². The van der Waals surface area contributed by atoms with Gasteiger partial charge in [-0.05, 0) is 29.7 Å². The maximum atomic E-state index is 13.4. The average Bonchev–Trinajstić information content (AvgIpc) is 2.57. The highest BCUT2D eigenvalue weighted by Gasteiger charge is 2.04. The van der Waals surface area contributed by atoms with Crippen molar-refractivity contribution in [3.05, 3.63) is 71.0 Å². The number of nitrogens with two attached hydrogens (primary N) is 1. The van der Waals surface area contributed by atoms with Gasteiger partial charge in [0, 0.05) is 13.0 Å². The summed E-state index contributed by atoms with van der Waals surface area (Å²) in [6.07, 6.45) is 0.450. The number of hydrogen-bond acceptors (Lipinski definition) is 3. The molecule has 24 heavy (non-hydrogen) atoms. The molecule has 126 valence electrons. The normalized spacial score (nSPS) is 11.2. The van der Waals surface area contributed by atoms with E-state index in [2.05, 4.69) is 10.5 Å². The Hall–Kier alpha value is -2.89. The van der Waals surface area contributed by atoms with Gasteiger partial charge in [0.2, 0.25) is 0 Å². The molecule has 0 aliphatic carbocycles. The lowest BCUT2D eigenvalue weighted by Gasteiger charge is -2.06. The van der Waals surface area contributed by atoms with Crippen molar-refractivity contribution in [3.63, 3.8) is 0 Å². The molecular formula is C18H20FN3O2. The Bertz CT molecular complexity index is 717. The van der Waals surface area contributed by atoms with Gasteiger partial charge in [-0.3, -0.25) is 4.79 Å². The number of amides is 1. The van der Waals surface area contributed by atoms with E-state index in [1.165, 1.54) is 6.07 Å². The highest BCUT2D eigenvalue weighted by atomic mass is 19.1. The third-order valence-corrected chi connectivity index (χ3v) is 3.33. The van der Waals surface area contributed by atoms with Gasteiger partial charge < -0.3 is 15.9 Å². The zero-order chi connectivity index (χ0) is 17.4. The number of carbonyl (C=O) groups excluding carboxylic acids is 1. The molecule has 0 bridgehead atoms. The van der Waals surface area contributed by atoms with E-state index < -0.39 is 0 Å². The summed E-state index contributed by atoms with van der Waals surface area (Å²) in [6.45, 7) is 1.66. The second kappa shape index (κ2) is 8.67. The highest BCUT2D eigenvalue weighted by molar-refractivity contribution is 5.82.